The molecule has 0 spiro atoms. The number of hydrogen-bond acceptors (Lipinski definition) is 7. The van der Waals surface area contributed by atoms with Crippen LogP contribution in [0.1, 0.15) is 29.2 Å². The monoisotopic (exact) mass is 462 g/mol. The molecule has 0 bridgehead atoms. The molecule has 2 aromatic carbocycles. The zero-order valence-corrected chi connectivity index (χ0v) is 20.8. The van der Waals surface area contributed by atoms with E-state index in [4.69, 9.17) is 9.47 Å². The Bertz CT molecular complexity index is 1270. The number of benzene rings is 2. The second kappa shape index (κ2) is 9.77. The number of anilines is 1. The molecule has 0 aliphatic carbocycles. The molecule has 33 heavy (non-hydrogen) atoms. The summed E-state index contributed by atoms with van der Waals surface area (Å²) in [4.78, 5) is 14.0. The number of nitrogens with one attached hydrogen (secondary N) is 1. The van der Waals surface area contributed by atoms with E-state index in [1.807, 2.05) is 30.4 Å². The van der Waals surface area contributed by atoms with E-state index in [9.17, 15) is 0 Å². The smallest absolute Gasteiger partial charge is 0.162 e. The van der Waals surface area contributed by atoms with E-state index in [2.05, 4.69) is 77.6 Å². The van der Waals surface area contributed by atoms with Crippen molar-refractivity contribution in [2.45, 2.75) is 26.4 Å². The van der Waals surface area contributed by atoms with Crippen LogP contribution in [0.5, 0.6) is 11.5 Å². The minimum absolute atomic E-state index is 0.0790. The fraction of sp³-hybridized carbons (Fsp3) is 0.308. The average Bonchev–Trinajstić information content (AvgIpc) is 3.28. The summed E-state index contributed by atoms with van der Waals surface area (Å²) in [5.74, 6) is 2.80. The summed E-state index contributed by atoms with van der Waals surface area (Å²) in [5, 5.41) is 4.50. The number of rotatable bonds is 8. The highest BCUT2D eigenvalue weighted by Crippen LogP contribution is 2.37. The Kier molecular flexibility index (Phi) is 6.81. The average molecular weight is 463 g/mol. The number of methoxy groups -OCH3 is 2. The van der Waals surface area contributed by atoms with Crippen LogP contribution >= 0.6 is 11.3 Å². The molecule has 7 heteroatoms. The second-order valence-electron chi connectivity index (χ2n) is 8.31. The van der Waals surface area contributed by atoms with Crippen molar-refractivity contribution in [3.05, 3.63) is 64.8 Å². The minimum atomic E-state index is 0.0790. The maximum atomic E-state index is 5.50. The third kappa shape index (κ3) is 4.94. The molecular weight excluding hydrogens is 432 g/mol. The Morgan fingerprint density at radius 1 is 1.00 bits per heavy atom. The maximum Gasteiger partial charge on any atom is 0.162 e. The summed E-state index contributed by atoms with van der Waals surface area (Å²) < 4.78 is 10.9. The first kappa shape index (κ1) is 23.0. The molecule has 0 aliphatic heterocycles. The van der Waals surface area contributed by atoms with Crippen molar-refractivity contribution in [3.8, 4) is 21.9 Å². The first-order valence-electron chi connectivity index (χ1n) is 10.9. The minimum Gasteiger partial charge on any atom is -0.493 e. The van der Waals surface area contributed by atoms with Crippen LogP contribution in [-0.4, -0.2) is 43.2 Å². The first-order valence-corrected chi connectivity index (χ1v) is 11.7. The molecule has 6 nitrogen and oxygen atoms in total. The summed E-state index contributed by atoms with van der Waals surface area (Å²) >= 11 is 1.81. The normalized spacial score (nSPS) is 12.2. The molecule has 1 N–H and O–H groups in total. The van der Waals surface area contributed by atoms with E-state index in [1.165, 1.54) is 20.9 Å². The third-order valence-corrected chi connectivity index (χ3v) is 6.79. The lowest BCUT2D eigenvalue weighted by molar-refractivity contribution is 0.356. The zero-order valence-electron chi connectivity index (χ0n) is 20.0. The summed E-state index contributed by atoms with van der Waals surface area (Å²) in [5.41, 5.74) is 3.43. The lowest BCUT2D eigenvalue weighted by Crippen LogP contribution is -2.11. The number of nitrogens with zero attached hydrogens (tertiary/aromatic N) is 3. The van der Waals surface area contributed by atoms with Crippen molar-refractivity contribution in [3.63, 3.8) is 0 Å². The Morgan fingerprint density at radius 3 is 2.45 bits per heavy atom. The van der Waals surface area contributed by atoms with Crippen LogP contribution in [0, 0.1) is 6.92 Å². The van der Waals surface area contributed by atoms with Crippen molar-refractivity contribution in [1.29, 1.82) is 0 Å². The van der Waals surface area contributed by atoms with Crippen LogP contribution in [0.15, 0.2) is 48.5 Å². The van der Waals surface area contributed by atoms with Gasteiger partial charge in [-0.25, -0.2) is 9.97 Å². The molecule has 0 saturated carbocycles. The largest absolute Gasteiger partial charge is 0.493 e. The highest BCUT2D eigenvalue weighted by molar-refractivity contribution is 7.15. The summed E-state index contributed by atoms with van der Waals surface area (Å²) in [7, 11) is 7.46. The van der Waals surface area contributed by atoms with Gasteiger partial charge in [0.15, 0.2) is 11.5 Å². The molecule has 4 aromatic rings. The van der Waals surface area contributed by atoms with Crippen LogP contribution in [-0.2, 0) is 6.54 Å². The molecule has 2 heterocycles. The van der Waals surface area contributed by atoms with Gasteiger partial charge in [-0.15, -0.1) is 11.3 Å². The number of ether oxygens (including phenoxy) is 2. The van der Waals surface area contributed by atoms with Crippen molar-refractivity contribution in [2.24, 2.45) is 0 Å². The number of thiophene rings is 1. The molecular formula is C26H30N4O2S. The van der Waals surface area contributed by atoms with E-state index in [1.54, 1.807) is 14.2 Å². The Balaban J connectivity index is 1.65. The molecule has 0 aliphatic rings. The highest BCUT2D eigenvalue weighted by Gasteiger charge is 2.16. The van der Waals surface area contributed by atoms with Gasteiger partial charge in [0.05, 0.1) is 25.8 Å². The molecule has 0 fully saturated rings. The van der Waals surface area contributed by atoms with Crippen LogP contribution in [0.3, 0.4) is 0 Å². The van der Waals surface area contributed by atoms with Crippen molar-refractivity contribution in [1.82, 2.24) is 14.9 Å². The molecule has 1 unspecified atom stereocenters. The molecule has 172 valence electrons. The maximum absolute atomic E-state index is 5.50. The van der Waals surface area contributed by atoms with Crippen LogP contribution in [0.4, 0.5) is 5.82 Å². The number of aromatic nitrogens is 2. The second-order valence-corrected chi connectivity index (χ2v) is 9.42. The quantitative estimate of drug-likeness (QED) is 0.351. The molecule has 1 atom stereocenters. The van der Waals surface area contributed by atoms with Crippen LogP contribution < -0.4 is 14.8 Å². The van der Waals surface area contributed by atoms with Crippen molar-refractivity contribution >= 4 is 28.1 Å². The van der Waals surface area contributed by atoms with Gasteiger partial charge in [-0.05, 0) is 57.3 Å². The van der Waals surface area contributed by atoms with Gasteiger partial charge in [-0.2, -0.15) is 0 Å². The summed E-state index contributed by atoms with van der Waals surface area (Å²) in [6, 6.07) is 16.9. The molecule has 0 saturated heterocycles. The van der Waals surface area contributed by atoms with E-state index in [-0.39, 0.29) is 6.04 Å². The number of aryl methyl sites for hydroxylation is 1. The van der Waals surface area contributed by atoms with E-state index < -0.39 is 0 Å². The molecule has 0 radical (unpaired) electrons. The Labute approximate surface area is 199 Å². The van der Waals surface area contributed by atoms with Crippen molar-refractivity contribution in [2.75, 3.05) is 33.6 Å². The summed E-state index contributed by atoms with van der Waals surface area (Å²) in [6.45, 7) is 4.97. The Morgan fingerprint density at radius 2 is 1.73 bits per heavy atom. The lowest BCUT2D eigenvalue weighted by Gasteiger charge is -2.17. The molecule has 2 aromatic heterocycles. The van der Waals surface area contributed by atoms with Gasteiger partial charge >= 0.3 is 0 Å². The van der Waals surface area contributed by atoms with Crippen LogP contribution in [0.25, 0.3) is 21.3 Å². The predicted molar refractivity (Wildman–Crippen MR) is 137 cm³/mol. The number of fused-ring (bicyclic) bond motifs is 1. The highest BCUT2D eigenvalue weighted by atomic mass is 32.1. The fourth-order valence-corrected chi connectivity index (χ4v) is 5.00. The van der Waals surface area contributed by atoms with Gasteiger partial charge in [0.1, 0.15) is 11.6 Å². The van der Waals surface area contributed by atoms with Gasteiger partial charge in [0.25, 0.3) is 0 Å². The summed E-state index contributed by atoms with van der Waals surface area (Å²) in [6.07, 6.45) is 0. The SMILES string of the molecule is COc1cc2nc(C)nc(NC(C)c3ccc(-c4ccccc4CN(C)C)s3)c2cc1OC. The van der Waals surface area contributed by atoms with Gasteiger partial charge < -0.3 is 19.7 Å². The van der Waals surface area contributed by atoms with Crippen molar-refractivity contribution < 1.29 is 9.47 Å². The van der Waals surface area contributed by atoms with E-state index in [0.717, 1.165) is 23.3 Å². The predicted octanol–water partition coefficient (Wildman–Crippen LogP) is 5.92. The van der Waals surface area contributed by atoms with Crippen LogP contribution in [0.2, 0.25) is 0 Å². The van der Waals surface area contributed by atoms with E-state index in [0.29, 0.717) is 17.3 Å². The van der Waals surface area contributed by atoms with Gasteiger partial charge in [-0.3, -0.25) is 0 Å². The third-order valence-electron chi connectivity index (χ3n) is 5.49. The van der Waals surface area contributed by atoms with E-state index >= 15 is 0 Å². The van der Waals surface area contributed by atoms with Gasteiger partial charge in [0, 0.05) is 27.8 Å². The fourth-order valence-electron chi connectivity index (χ4n) is 3.93. The molecule has 4 rings (SSSR count). The topological polar surface area (TPSA) is 59.5 Å². The number of hydrogen-bond donors (Lipinski definition) is 1. The van der Waals surface area contributed by atoms with Gasteiger partial charge in [0.2, 0.25) is 0 Å². The Hall–Kier alpha value is -3.16. The van der Waals surface area contributed by atoms with Gasteiger partial charge in [-0.1, -0.05) is 24.3 Å². The standard InChI is InChI=1S/C26H30N4O2S/c1-16(24-11-12-25(33-24)19-10-8-7-9-18(19)15-30(3)4)27-26-20-13-22(31-5)23(32-6)14-21(20)28-17(2)29-26/h7-14,16H,15H2,1-6H3,(H,27,28,29). The zero-order chi connectivity index (χ0) is 23.5. The lowest BCUT2D eigenvalue weighted by atomic mass is 10.1. The first-order chi connectivity index (χ1) is 15.9. The molecule has 0 amide bonds.